The number of halogens is 1. The predicted octanol–water partition coefficient (Wildman–Crippen LogP) is 2.47. The fraction of sp³-hybridized carbons (Fsp3) is 0. The number of benzene rings is 1. The first-order chi connectivity index (χ1) is 7.25. The first-order valence-corrected chi connectivity index (χ1v) is 5.01. The summed E-state index contributed by atoms with van der Waals surface area (Å²) >= 11 is 1.11. The zero-order valence-electron chi connectivity index (χ0n) is 7.59. The van der Waals surface area contributed by atoms with E-state index in [0.29, 0.717) is 10.1 Å². The second-order valence-corrected chi connectivity index (χ2v) is 3.76. The number of phenolic OH excluding ortho intramolecular Hbond substituents is 1. The van der Waals surface area contributed by atoms with E-state index in [1.807, 2.05) is 0 Å². The lowest BCUT2D eigenvalue weighted by molar-refractivity contribution is 0.466. The van der Waals surface area contributed by atoms with Crippen molar-refractivity contribution in [2.45, 2.75) is 10.1 Å². The topological polar surface area (TPSA) is 46.0 Å². The Morgan fingerprint density at radius 1 is 1.20 bits per heavy atom. The molecule has 0 aliphatic heterocycles. The van der Waals surface area contributed by atoms with E-state index in [-0.39, 0.29) is 5.75 Å². The fourth-order valence-corrected chi connectivity index (χ4v) is 1.73. The first-order valence-electron chi connectivity index (χ1n) is 4.19. The van der Waals surface area contributed by atoms with Crippen molar-refractivity contribution in [3.63, 3.8) is 0 Å². The molecule has 0 amide bonds. The molecule has 2 rings (SSSR count). The van der Waals surface area contributed by atoms with Crippen LogP contribution in [-0.2, 0) is 0 Å². The van der Waals surface area contributed by atoms with E-state index in [4.69, 9.17) is 5.11 Å². The van der Waals surface area contributed by atoms with Crippen LogP contribution in [0.3, 0.4) is 0 Å². The summed E-state index contributed by atoms with van der Waals surface area (Å²) in [5.41, 5.74) is 0. The minimum atomic E-state index is -0.479. The molecule has 0 atom stereocenters. The van der Waals surface area contributed by atoms with Gasteiger partial charge in [0.1, 0.15) is 11.6 Å². The molecule has 1 aromatic heterocycles. The van der Waals surface area contributed by atoms with Gasteiger partial charge in [-0.25, -0.2) is 14.4 Å². The molecule has 3 nitrogen and oxygen atoms in total. The van der Waals surface area contributed by atoms with Crippen molar-refractivity contribution < 1.29 is 9.50 Å². The summed E-state index contributed by atoms with van der Waals surface area (Å²) < 4.78 is 13.3. The van der Waals surface area contributed by atoms with Gasteiger partial charge in [-0.05, 0) is 30.0 Å². The molecule has 0 saturated carbocycles. The third kappa shape index (κ3) is 2.44. The van der Waals surface area contributed by atoms with Crippen LogP contribution in [-0.4, -0.2) is 15.1 Å². The molecular formula is C10H7FN2OS. The van der Waals surface area contributed by atoms with Crippen LogP contribution in [0.5, 0.6) is 5.75 Å². The highest BCUT2D eigenvalue weighted by Crippen LogP contribution is 2.28. The molecule has 0 aliphatic carbocycles. The molecule has 76 valence electrons. The second kappa shape index (κ2) is 4.27. The van der Waals surface area contributed by atoms with Gasteiger partial charge in [0.25, 0.3) is 0 Å². The van der Waals surface area contributed by atoms with Gasteiger partial charge in [0.2, 0.25) is 0 Å². The normalized spacial score (nSPS) is 10.2. The van der Waals surface area contributed by atoms with Crippen molar-refractivity contribution in [1.29, 1.82) is 0 Å². The standard InChI is InChI=1S/C10H7FN2OS/c11-8-6-7(14)2-3-9(8)15-10-12-4-1-5-13-10/h1-6,14H. The molecule has 1 N–H and O–H groups in total. The van der Waals surface area contributed by atoms with Crippen molar-refractivity contribution in [3.05, 3.63) is 42.5 Å². The molecule has 0 aliphatic rings. The van der Waals surface area contributed by atoms with Gasteiger partial charge < -0.3 is 5.11 Å². The Morgan fingerprint density at radius 2 is 1.93 bits per heavy atom. The van der Waals surface area contributed by atoms with Crippen LogP contribution in [0.25, 0.3) is 0 Å². The molecule has 1 heterocycles. The summed E-state index contributed by atoms with van der Waals surface area (Å²) in [4.78, 5) is 8.31. The van der Waals surface area contributed by atoms with E-state index in [9.17, 15) is 4.39 Å². The Kier molecular flexibility index (Phi) is 2.82. The van der Waals surface area contributed by atoms with Crippen LogP contribution in [0, 0.1) is 5.82 Å². The van der Waals surface area contributed by atoms with Crippen LogP contribution in [0.4, 0.5) is 4.39 Å². The van der Waals surface area contributed by atoms with Crippen molar-refractivity contribution in [2.24, 2.45) is 0 Å². The summed E-state index contributed by atoms with van der Waals surface area (Å²) in [7, 11) is 0. The minimum absolute atomic E-state index is 0.0918. The number of rotatable bonds is 2. The van der Waals surface area contributed by atoms with Crippen molar-refractivity contribution in [3.8, 4) is 5.75 Å². The van der Waals surface area contributed by atoms with Gasteiger partial charge >= 0.3 is 0 Å². The third-order valence-electron chi connectivity index (χ3n) is 1.66. The highest BCUT2D eigenvalue weighted by atomic mass is 32.2. The molecule has 0 saturated heterocycles. The Labute approximate surface area is 90.0 Å². The van der Waals surface area contributed by atoms with E-state index < -0.39 is 5.82 Å². The number of aromatic nitrogens is 2. The van der Waals surface area contributed by atoms with Gasteiger partial charge in [0.15, 0.2) is 5.16 Å². The van der Waals surface area contributed by atoms with Gasteiger partial charge in [-0.15, -0.1) is 0 Å². The lowest BCUT2D eigenvalue weighted by Crippen LogP contribution is -1.85. The Bertz CT molecular complexity index is 464. The lowest BCUT2D eigenvalue weighted by atomic mass is 10.3. The monoisotopic (exact) mass is 222 g/mol. The Morgan fingerprint density at radius 3 is 2.60 bits per heavy atom. The van der Waals surface area contributed by atoms with Gasteiger partial charge in [-0.2, -0.15) is 0 Å². The SMILES string of the molecule is Oc1ccc(Sc2ncccn2)c(F)c1. The number of phenols is 1. The molecule has 1 aromatic carbocycles. The van der Waals surface area contributed by atoms with Crippen molar-refractivity contribution in [1.82, 2.24) is 9.97 Å². The van der Waals surface area contributed by atoms with E-state index in [1.165, 1.54) is 12.1 Å². The third-order valence-corrected chi connectivity index (χ3v) is 2.60. The molecule has 0 spiro atoms. The van der Waals surface area contributed by atoms with E-state index in [2.05, 4.69) is 9.97 Å². The lowest BCUT2D eigenvalue weighted by Gasteiger charge is -2.01. The van der Waals surface area contributed by atoms with Crippen molar-refractivity contribution in [2.75, 3.05) is 0 Å². The summed E-state index contributed by atoms with van der Waals surface area (Å²) in [6, 6.07) is 5.67. The Balaban J connectivity index is 2.25. The average Bonchev–Trinajstić information content (AvgIpc) is 2.24. The summed E-state index contributed by atoms with van der Waals surface area (Å²) in [5.74, 6) is -0.571. The Hall–Kier alpha value is -1.62. The van der Waals surface area contributed by atoms with Crippen molar-refractivity contribution >= 4 is 11.8 Å². The quantitative estimate of drug-likeness (QED) is 0.793. The van der Waals surface area contributed by atoms with Gasteiger partial charge in [0.05, 0.1) is 4.90 Å². The van der Waals surface area contributed by atoms with Crippen LogP contribution in [0.1, 0.15) is 0 Å². The van der Waals surface area contributed by atoms with Crippen LogP contribution in [0.2, 0.25) is 0 Å². The molecule has 0 unspecified atom stereocenters. The maximum absolute atomic E-state index is 13.3. The largest absolute Gasteiger partial charge is 0.508 e. The van der Waals surface area contributed by atoms with Gasteiger partial charge in [0, 0.05) is 18.5 Å². The van der Waals surface area contributed by atoms with E-state index in [0.717, 1.165) is 17.8 Å². The predicted molar refractivity (Wildman–Crippen MR) is 54.2 cm³/mol. The number of nitrogens with zero attached hydrogens (tertiary/aromatic N) is 2. The maximum atomic E-state index is 13.3. The van der Waals surface area contributed by atoms with Crippen LogP contribution < -0.4 is 0 Å². The number of hydrogen-bond acceptors (Lipinski definition) is 4. The molecule has 0 bridgehead atoms. The van der Waals surface area contributed by atoms with E-state index in [1.54, 1.807) is 18.5 Å². The molecule has 2 aromatic rings. The highest BCUT2D eigenvalue weighted by Gasteiger charge is 2.06. The summed E-state index contributed by atoms with van der Waals surface area (Å²) in [5, 5.41) is 9.50. The van der Waals surface area contributed by atoms with E-state index >= 15 is 0 Å². The number of aromatic hydroxyl groups is 1. The minimum Gasteiger partial charge on any atom is -0.508 e. The molecule has 15 heavy (non-hydrogen) atoms. The van der Waals surface area contributed by atoms with Crippen LogP contribution in [0.15, 0.2) is 46.7 Å². The zero-order chi connectivity index (χ0) is 10.7. The molecule has 5 heteroatoms. The first kappa shape index (κ1) is 9.92. The second-order valence-electron chi connectivity index (χ2n) is 2.75. The summed E-state index contributed by atoms with van der Waals surface area (Å²) in [6.45, 7) is 0. The summed E-state index contributed by atoms with van der Waals surface area (Å²) in [6.07, 6.45) is 3.18. The molecule has 0 radical (unpaired) electrons. The maximum Gasteiger partial charge on any atom is 0.192 e. The number of hydrogen-bond donors (Lipinski definition) is 1. The molecular weight excluding hydrogens is 215 g/mol. The fourth-order valence-electron chi connectivity index (χ4n) is 1.01. The van der Waals surface area contributed by atoms with Crippen LogP contribution >= 0.6 is 11.8 Å². The van der Waals surface area contributed by atoms with Gasteiger partial charge in [-0.1, -0.05) is 0 Å². The average molecular weight is 222 g/mol. The molecule has 0 fully saturated rings. The van der Waals surface area contributed by atoms with Gasteiger partial charge in [-0.3, -0.25) is 0 Å². The smallest absolute Gasteiger partial charge is 0.192 e. The highest BCUT2D eigenvalue weighted by molar-refractivity contribution is 7.99. The zero-order valence-corrected chi connectivity index (χ0v) is 8.41.